The molecule has 1 heterocycles. The summed E-state index contributed by atoms with van der Waals surface area (Å²) in [6.07, 6.45) is 1.37. The van der Waals surface area contributed by atoms with Gasteiger partial charge in [-0.05, 0) is 19.9 Å². The van der Waals surface area contributed by atoms with Crippen LogP contribution in [0.25, 0.3) is 0 Å². The second kappa shape index (κ2) is 7.18. The first kappa shape index (κ1) is 17.5. The molecule has 0 radical (unpaired) electrons. The Morgan fingerprint density at radius 1 is 1.42 bits per heavy atom. The van der Waals surface area contributed by atoms with E-state index in [0.29, 0.717) is 21.8 Å². The van der Waals surface area contributed by atoms with Crippen LogP contribution in [0.5, 0.6) is 0 Å². The molecule has 0 aliphatic heterocycles. The van der Waals surface area contributed by atoms with Crippen molar-refractivity contribution in [1.29, 1.82) is 0 Å². The first-order chi connectivity index (χ1) is 11.3. The fraction of sp³-hybridized carbons (Fsp3) is 0.267. The van der Waals surface area contributed by atoms with E-state index in [2.05, 4.69) is 15.5 Å². The molecule has 0 spiro atoms. The van der Waals surface area contributed by atoms with Crippen LogP contribution in [0.15, 0.2) is 23.3 Å². The van der Waals surface area contributed by atoms with Crippen LogP contribution >= 0.6 is 11.3 Å². The number of aryl methyl sites for hydroxylation is 2. The molecule has 0 unspecified atom stereocenters. The molecule has 9 heteroatoms. The number of nitrogens with zero attached hydrogens (tertiary/aromatic N) is 4. The van der Waals surface area contributed by atoms with Gasteiger partial charge in [-0.2, -0.15) is 5.10 Å². The van der Waals surface area contributed by atoms with Crippen LogP contribution in [0.1, 0.15) is 25.9 Å². The molecule has 2 rings (SSSR count). The molecule has 0 saturated heterocycles. The van der Waals surface area contributed by atoms with Gasteiger partial charge < -0.3 is 4.90 Å². The molecule has 8 nitrogen and oxygen atoms in total. The lowest BCUT2D eigenvalue weighted by Crippen LogP contribution is -2.17. The van der Waals surface area contributed by atoms with Crippen molar-refractivity contribution in [3.05, 3.63) is 49.5 Å². The SMILES string of the molecule is Cc1nc(C)c(C(=O)N/N=C/c2ccc(N(C)C)c([N+](=O)[O-])c2)s1. The number of carbonyl (C=O) groups excluding carboxylic acids is 1. The van der Waals surface area contributed by atoms with Gasteiger partial charge in [0.2, 0.25) is 0 Å². The third-order valence-corrected chi connectivity index (χ3v) is 4.24. The average Bonchev–Trinajstić information content (AvgIpc) is 2.85. The number of carbonyl (C=O) groups is 1. The van der Waals surface area contributed by atoms with Crippen LogP contribution in [0.3, 0.4) is 0 Å². The molecule has 1 N–H and O–H groups in total. The Hall–Kier alpha value is -2.81. The molecule has 1 amide bonds. The summed E-state index contributed by atoms with van der Waals surface area (Å²) in [5.41, 5.74) is 4.05. The number of hydrogen-bond acceptors (Lipinski definition) is 7. The highest BCUT2D eigenvalue weighted by atomic mass is 32.1. The normalized spacial score (nSPS) is 10.8. The highest BCUT2D eigenvalue weighted by Crippen LogP contribution is 2.27. The standard InChI is InChI=1S/C15H17N5O3S/c1-9-14(24-10(2)17-9)15(21)18-16-8-11-5-6-12(19(3)4)13(7-11)20(22)23/h5-8H,1-4H3,(H,18,21)/b16-8+. The lowest BCUT2D eigenvalue weighted by atomic mass is 10.2. The van der Waals surface area contributed by atoms with E-state index in [-0.39, 0.29) is 11.6 Å². The maximum absolute atomic E-state index is 12.0. The topological polar surface area (TPSA) is 101 Å². The van der Waals surface area contributed by atoms with Gasteiger partial charge >= 0.3 is 0 Å². The Morgan fingerprint density at radius 2 is 2.12 bits per heavy atom. The molecule has 126 valence electrons. The van der Waals surface area contributed by atoms with Crippen molar-refractivity contribution in [3.63, 3.8) is 0 Å². The highest BCUT2D eigenvalue weighted by Gasteiger charge is 2.16. The van der Waals surface area contributed by atoms with Gasteiger partial charge in [-0.3, -0.25) is 14.9 Å². The van der Waals surface area contributed by atoms with Crippen LogP contribution in [0.4, 0.5) is 11.4 Å². The van der Waals surface area contributed by atoms with Crippen molar-refractivity contribution in [2.75, 3.05) is 19.0 Å². The van der Waals surface area contributed by atoms with E-state index >= 15 is 0 Å². The molecule has 1 aromatic carbocycles. The number of anilines is 1. The zero-order chi connectivity index (χ0) is 17.9. The predicted octanol–water partition coefficient (Wildman–Crippen LogP) is 2.50. The second-order valence-corrected chi connectivity index (χ2v) is 6.45. The minimum atomic E-state index is -0.450. The molecule has 2 aromatic rings. The molecule has 0 atom stereocenters. The maximum atomic E-state index is 12.0. The minimum Gasteiger partial charge on any atom is -0.372 e. The van der Waals surface area contributed by atoms with Gasteiger partial charge in [0, 0.05) is 25.7 Å². The monoisotopic (exact) mass is 347 g/mol. The number of nitro benzene ring substituents is 1. The highest BCUT2D eigenvalue weighted by molar-refractivity contribution is 7.13. The zero-order valence-corrected chi connectivity index (χ0v) is 14.5. The maximum Gasteiger partial charge on any atom is 0.293 e. The molecule has 24 heavy (non-hydrogen) atoms. The molecule has 0 aliphatic rings. The van der Waals surface area contributed by atoms with Crippen molar-refractivity contribution in [2.24, 2.45) is 5.10 Å². The number of amides is 1. The van der Waals surface area contributed by atoms with Crippen molar-refractivity contribution in [1.82, 2.24) is 10.4 Å². The summed E-state index contributed by atoms with van der Waals surface area (Å²) in [5.74, 6) is -0.353. The summed E-state index contributed by atoms with van der Waals surface area (Å²) in [6, 6.07) is 4.74. The first-order valence-corrected chi connectivity index (χ1v) is 7.84. The van der Waals surface area contributed by atoms with E-state index in [9.17, 15) is 14.9 Å². The fourth-order valence-corrected chi connectivity index (χ4v) is 2.91. The summed E-state index contributed by atoms with van der Waals surface area (Å²) >= 11 is 1.29. The molecule has 1 aromatic heterocycles. The van der Waals surface area contributed by atoms with Crippen LogP contribution < -0.4 is 10.3 Å². The van der Waals surface area contributed by atoms with Crippen molar-refractivity contribution in [2.45, 2.75) is 13.8 Å². The van der Waals surface area contributed by atoms with Crippen LogP contribution in [-0.2, 0) is 0 Å². The molecular weight excluding hydrogens is 330 g/mol. The van der Waals surface area contributed by atoms with E-state index in [1.807, 2.05) is 6.92 Å². The number of benzene rings is 1. The lowest BCUT2D eigenvalue weighted by Gasteiger charge is -2.12. The van der Waals surface area contributed by atoms with Crippen LogP contribution in [-0.4, -0.2) is 36.1 Å². The van der Waals surface area contributed by atoms with Crippen LogP contribution in [0, 0.1) is 24.0 Å². The minimum absolute atomic E-state index is 0.0239. The Labute approximate surface area is 143 Å². The summed E-state index contributed by atoms with van der Waals surface area (Å²) in [6.45, 7) is 3.58. The van der Waals surface area contributed by atoms with E-state index in [1.54, 1.807) is 38.1 Å². The summed E-state index contributed by atoms with van der Waals surface area (Å²) < 4.78 is 0. The number of hydrogen-bond donors (Lipinski definition) is 1. The number of aromatic nitrogens is 1. The second-order valence-electron chi connectivity index (χ2n) is 5.25. The molecular formula is C15H17N5O3S. The van der Waals surface area contributed by atoms with Gasteiger partial charge in [0.1, 0.15) is 10.6 Å². The molecule has 0 saturated carbocycles. The Kier molecular flexibility index (Phi) is 5.24. The smallest absolute Gasteiger partial charge is 0.293 e. The van der Waals surface area contributed by atoms with Gasteiger partial charge in [0.25, 0.3) is 11.6 Å². The van der Waals surface area contributed by atoms with Crippen LogP contribution in [0.2, 0.25) is 0 Å². The Balaban J connectivity index is 2.14. The van der Waals surface area contributed by atoms with E-state index in [4.69, 9.17) is 0 Å². The third kappa shape index (κ3) is 3.93. The predicted molar refractivity (Wildman–Crippen MR) is 94.1 cm³/mol. The van der Waals surface area contributed by atoms with Crippen molar-refractivity contribution >= 4 is 34.8 Å². The Bertz CT molecular complexity index is 813. The largest absolute Gasteiger partial charge is 0.372 e. The molecule has 0 fully saturated rings. The number of rotatable bonds is 5. The summed E-state index contributed by atoms with van der Waals surface area (Å²) in [7, 11) is 3.46. The van der Waals surface area contributed by atoms with E-state index in [1.165, 1.54) is 23.6 Å². The number of hydrazone groups is 1. The van der Waals surface area contributed by atoms with Gasteiger partial charge in [-0.25, -0.2) is 10.4 Å². The van der Waals surface area contributed by atoms with E-state index < -0.39 is 4.92 Å². The zero-order valence-electron chi connectivity index (χ0n) is 13.7. The van der Waals surface area contributed by atoms with Gasteiger partial charge in [0.05, 0.1) is 21.8 Å². The van der Waals surface area contributed by atoms with Gasteiger partial charge in [-0.15, -0.1) is 11.3 Å². The summed E-state index contributed by atoms with van der Waals surface area (Å²) in [4.78, 5) is 29.1. The number of nitrogens with one attached hydrogen (secondary N) is 1. The number of thiazole rings is 1. The fourth-order valence-electron chi connectivity index (χ4n) is 2.10. The summed E-state index contributed by atoms with van der Waals surface area (Å²) in [5, 5.41) is 15.8. The first-order valence-electron chi connectivity index (χ1n) is 7.02. The third-order valence-electron chi connectivity index (χ3n) is 3.17. The molecule has 0 bridgehead atoms. The van der Waals surface area contributed by atoms with E-state index in [0.717, 1.165) is 5.01 Å². The molecule has 0 aliphatic carbocycles. The average molecular weight is 347 g/mol. The quantitative estimate of drug-likeness (QED) is 0.509. The van der Waals surface area contributed by atoms with Gasteiger partial charge in [0.15, 0.2) is 0 Å². The Morgan fingerprint density at radius 3 is 2.67 bits per heavy atom. The van der Waals surface area contributed by atoms with Crippen molar-refractivity contribution < 1.29 is 9.72 Å². The van der Waals surface area contributed by atoms with Crippen molar-refractivity contribution in [3.8, 4) is 0 Å². The lowest BCUT2D eigenvalue weighted by molar-refractivity contribution is -0.384. The number of nitro groups is 1. The van der Waals surface area contributed by atoms with Gasteiger partial charge in [-0.1, -0.05) is 6.07 Å².